The van der Waals surface area contributed by atoms with Gasteiger partial charge in [0.25, 0.3) is 11.1 Å². The highest BCUT2D eigenvalue weighted by molar-refractivity contribution is 5.69. The smallest absolute Gasteiger partial charge is 0.289 e. The molecule has 0 saturated carbocycles. The Labute approximate surface area is 82.7 Å². The van der Waals surface area contributed by atoms with Crippen LogP contribution in [0.4, 0.5) is 5.95 Å². The zero-order chi connectivity index (χ0) is 11.0. The van der Waals surface area contributed by atoms with Gasteiger partial charge >= 0.3 is 0 Å². The van der Waals surface area contributed by atoms with E-state index < -0.39 is 11.1 Å². The van der Waals surface area contributed by atoms with E-state index in [-0.39, 0.29) is 17.1 Å². The van der Waals surface area contributed by atoms with Crippen LogP contribution in [0.2, 0.25) is 0 Å². The van der Waals surface area contributed by atoms with E-state index in [9.17, 15) is 9.59 Å². The third-order valence-electron chi connectivity index (χ3n) is 1.85. The fourth-order valence-corrected chi connectivity index (χ4v) is 1.24. The molecule has 2 aromatic rings. The normalized spacial score (nSPS) is 10.5. The van der Waals surface area contributed by atoms with E-state index >= 15 is 0 Å². The number of nitrogens with zero attached hydrogens (tertiary/aromatic N) is 3. The molecule has 15 heavy (non-hydrogen) atoms. The van der Waals surface area contributed by atoms with Crippen LogP contribution >= 0.6 is 0 Å². The van der Waals surface area contributed by atoms with Crippen molar-refractivity contribution >= 4 is 17.1 Å². The van der Waals surface area contributed by atoms with E-state index in [2.05, 4.69) is 20.4 Å². The predicted octanol–water partition coefficient (Wildman–Crippen LogP) is -1.76. The molecule has 0 bridgehead atoms. The molecule has 0 radical (unpaired) electrons. The topological polar surface area (TPSA) is 119 Å². The van der Waals surface area contributed by atoms with Gasteiger partial charge in [-0.05, 0) is 0 Å². The first kappa shape index (κ1) is 9.19. The van der Waals surface area contributed by atoms with Gasteiger partial charge in [-0.25, -0.2) is 9.66 Å². The molecule has 0 aromatic carbocycles. The second-order valence-electron chi connectivity index (χ2n) is 2.78. The Balaban J connectivity index is 3.04. The largest absolute Gasteiger partial charge is 0.369 e. The zero-order valence-electron chi connectivity index (χ0n) is 7.81. The molecule has 2 heterocycles. The van der Waals surface area contributed by atoms with Gasteiger partial charge in [-0.3, -0.25) is 14.6 Å². The molecule has 0 aliphatic rings. The summed E-state index contributed by atoms with van der Waals surface area (Å²) in [6.07, 6.45) is 1.03. The zero-order valence-corrected chi connectivity index (χ0v) is 7.81. The Morgan fingerprint density at radius 1 is 1.53 bits per heavy atom. The number of hydrogen-bond donors (Lipinski definition) is 3. The summed E-state index contributed by atoms with van der Waals surface area (Å²) in [5, 5.41) is 0. The third-order valence-corrected chi connectivity index (χ3v) is 1.85. The fraction of sp³-hybridized carbons (Fsp3) is 0.143. The molecule has 0 atom stereocenters. The number of anilines is 1. The third kappa shape index (κ3) is 1.31. The van der Waals surface area contributed by atoms with Crippen molar-refractivity contribution in [2.45, 2.75) is 0 Å². The van der Waals surface area contributed by atoms with E-state index in [1.807, 2.05) is 0 Å². The van der Waals surface area contributed by atoms with Gasteiger partial charge in [0.15, 0.2) is 11.2 Å². The molecule has 0 spiro atoms. The van der Waals surface area contributed by atoms with Crippen molar-refractivity contribution in [3.05, 3.63) is 26.9 Å². The molecule has 2 rings (SSSR count). The minimum Gasteiger partial charge on any atom is -0.369 e. The number of nitrogens with one attached hydrogen (secondary N) is 2. The van der Waals surface area contributed by atoms with Gasteiger partial charge in [0.05, 0.1) is 6.20 Å². The maximum Gasteiger partial charge on any atom is 0.289 e. The highest BCUT2D eigenvalue weighted by Gasteiger charge is 2.08. The van der Waals surface area contributed by atoms with Crippen LogP contribution in [0.25, 0.3) is 11.2 Å². The molecule has 2 aromatic heterocycles. The molecule has 8 heteroatoms. The summed E-state index contributed by atoms with van der Waals surface area (Å²) in [5.74, 6) is -0.0658. The second-order valence-corrected chi connectivity index (χ2v) is 2.78. The van der Waals surface area contributed by atoms with Gasteiger partial charge in [-0.1, -0.05) is 0 Å². The molecule has 78 valence electrons. The lowest BCUT2D eigenvalue weighted by molar-refractivity contribution is 0.878. The molecule has 0 aliphatic carbocycles. The van der Waals surface area contributed by atoms with E-state index in [1.54, 1.807) is 0 Å². The quantitative estimate of drug-likeness (QED) is 0.510. The van der Waals surface area contributed by atoms with E-state index in [1.165, 1.54) is 7.05 Å². The summed E-state index contributed by atoms with van der Waals surface area (Å²) in [5.41, 5.74) is 7.20. The van der Waals surface area contributed by atoms with Crippen LogP contribution in [0.5, 0.6) is 0 Å². The summed E-state index contributed by atoms with van der Waals surface area (Å²) >= 11 is 0. The maximum absolute atomic E-state index is 11.4. The summed E-state index contributed by atoms with van der Waals surface area (Å²) in [4.78, 5) is 32.5. The van der Waals surface area contributed by atoms with E-state index in [4.69, 9.17) is 5.73 Å². The summed E-state index contributed by atoms with van der Waals surface area (Å²) in [6.45, 7) is 0. The maximum atomic E-state index is 11.4. The fourth-order valence-electron chi connectivity index (χ4n) is 1.24. The van der Waals surface area contributed by atoms with Crippen LogP contribution in [0.15, 0.2) is 15.8 Å². The number of rotatable bonds is 1. The SMILES string of the molecule is CNn1c(=O)cnc2c(=O)[nH]c(N)nc21. The number of nitrogen functional groups attached to an aromatic ring is 1. The molecule has 8 nitrogen and oxygen atoms in total. The van der Waals surface area contributed by atoms with Crippen molar-refractivity contribution in [2.24, 2.45) is 0 Å². The van der Waals surface area contributed by atoms with Gasteiger partial charge in [0.2, 0.25) is 5.95 Å². The van der Waals surface area contributed by atoms with E-state index in [0.29, 0.717) is 0 Å². The van der Waals surface area contributed by atoms with Crippen LogP contribution < -0.4 is 22.3 Å². The van der Waals surface area contributed by atoms with Crippen LogP contribution in [-0.4, -0.2) is 26.7 Å². The summed E-state index contributed by atoms with van der Waals surface area (Å²) < 4.78 is 1.09. The average Bonchev–Trinajstić information content (AvgIpc) is 2.17. The van der Waals surface area contributed by atoms with Crippen molar-refractivity contribution in [1.29, 1.82) is 0 Å². The van der Waals surface area contributed by atoms with Gasteiger partial charge in [0.1, 0.15) is 0 Å². The summed E-state index contributed by atoms with van der Waals surface area (Å²) in [7, 11) is 1.53. The van der Waals surface area contributed by atoms with Crippen LogP contribution in [0.3, 0.4) is 0 Å². The Morgan fingerprint density at radius 2 is 2.27 bits per heavy atom. The summed E-state index contributed by atoms with van der Waals surface area (Å²) in [6, 6.07) is 0. The number of aromatic amines is 1. The minimum atomic E-state index is -0.485. The van der Waals surface area contributed by atoms with Crippen molar-refractivity contribution in [2.75, 3.05) is 18.2 Å². The van der Waals surface area contributed by atoms with Gasteiger partial charge in [-0.2, -0.15) is 4.98 Å². The lowest BCUT2D eigenvalue weighted by atomic mass is 10.5. The number of H-pyrrole nitrogens is 1. The number of fused-ring (bicyclic) bond motifs is 1. The molecule has 0 aliphatic heterocycles. The Morgan fingerprint density at radius 3 is 2.93 bits per heavy atom. The van der Waals surface area contributed by atoms with Crippen LogP contribution in [0, 0.1) is 0 Å². The highest BCUT2D eigenvalue weighted by atomic mass is 16.1. The van der Waals surface area contributed by atoms with Gasteiger partial charge in [-0.15, -0.1) is 0 Å². The second kappa shape index (κ2) is 3.08. The monoisotopic (exact) mass is 208 g/mol. The lowest BCUT2D eigenvalue weighted by Crippen LogP contribution is -2.30. The first-order valence-corrected chi connectivity index (χ1v) is 4.09. The Hall–Kier alpha value is -2.38. The van der Waals surface area contributed by atoms with Crippen molar-refractivity contribution in [1.82, 2.24) is 19.6 Å². The molecule has 0 amide bonds. The van der Waals surface area contributed by atoms with Gasteiger partial charge in [0, 0.05) is 7.05 Å². The molecule has 0 saturated heterocycles. The average molecular weight is 208 g/mol. The van der Waals surface area contributed by atoms with Gasteiger partial charge < -0.3 is 11.2 Å². The Kier molecular flexibility index (Phi) is 1.89. The Bertz CT molecular complexity index is 627. The predicted molar refractivity (Wildman–Crippen MR) is 54.1 cm³/mol. The molecular weight excluding hydrogens is 200 g/mol. The van der Waals surface area contributed by atoms with Crippen molar-refractivity contribution in [3.8, 4) is 0 Å². The van der Waals surface area contributed by atoms with E-state index in [0.717, 1.165) is 10.9 Å². The number of hydrogen-bond acceptors (Lipinski definition) is 6. The first-order chi connectivity index (χ1) is 7.13. The molecule has 0 fully saturated rings. The number of nitrogens with two attached hydrogens (primary N) is 1. The minimum absolute atomic E-state index is 0.0538. The number of aromatic nitrogens is 4. The highest BCUT2D eigenvalue weighted by Crippen LogP contribution is 1.99. The van der Waals surface area contributed by atoms with Crippen molar-refractivity contribution < 1.29 is 0 Å². The first-order valence-electron chi connectivity index (χ1n) is 4.09. The van der Waals surface area contributed by atoms with Crippen LogP contribution in [0.1, 0.15) is 0 Å². The van der Waals surface area contributed by atoms with Crippen LogP contribution in [-0.2, 0) is 0 Å². The van der Waals surface area contributed by atoms with Crippen molar-refractivity contribution in [3.63, 3.8) is 0 Å². The standard InChI is InChI=1S/C7H8N6O2/c1-9-13-3(14)2-10-4-5(13)11-7(8)12-6(4)15/h2,9H,1H3,(H3,8,11,12,15). The molecular formula is C7H8N6O2. The molecule has 0 unspecified atom stereocenters. The lowest BCUT2D eigenvalue weighted by Gasteiger charge is -2.06. The molecule has 4 N–H and O–H groups in total.